The quantitative estimate of drug-likeness (QED) is 0.513. The van der Waals surface area contributed by atoms with Gasteiger partial charge >= 0.3 is 6.03 Å². The second-order valence-corrected chi connectivity index (χ2v) is 8.39. The summed E-state index contributed by atoms with van der Waals surface area (Å²) in [7, 11) is 0. The largest absolute Gasteiger partial charge is 0.326 e. The number of rotatable bonds is 7. The maximum Gasteiger partial charge on any atom is 0.324 e. The Kier molecular flexibility index (Phi) is 7.24. The standard InChI is InChI=1S/C28H28N4O2/c1-2-26(21-9-4-3-5-10-21)27(33)30-24-13-15-25(16-14-24)32-18-8-17-31(28(32)34)20-23-12-7-6-11-22(23)19-29/h3-7,9-16,26H,2,8,17-18,20H2,1H3,(H,30,33)/t26-/m1/s1. The highest BCUT2D eigenvalue weighted by molar-refractivity contribution is 5.97. The Morgan fingerprint density at radius 3 is 2.41 bits per heavy atom. The van der Waals surface area contributed by atoms with Gasteiger partial charge in [-0.1, -0.05) is 55.5 Å². The molecular weight excluding hydrogens is 424 g/mol. The van der Waals surface area contributed by atoms with Crippen LogP contribution in [0.15, 0.2) is 78.9 Å². The zero-order chi connectivity index (χ0) is 23.9. The lowest BCUT2D eigenvalue weighted by Crippen LogP contribution is -2.49. The van der Waals surface area contributed by atoms with Gasteiger partial charge in [0.25, 0.3) is 0 Å². The molecule has 6 heteroatoms. The number of hydrogen-bond acceptors (Lipinski definition) is 3. The number of urea groups is 1. The van der Waals surface area contributed by atoms with Gasteiger partial charge in [0, 0.05) is 31.0 Å². The first-order valence-electron chi connectivity index (χ1n) is 11.6. The summed E-state index contributed by atoms with van der Waals surface area (Å²) in [5, 5.41) is 12.4. The fourth-order valence-electron chi connectivity index (χ4n) is 4.35. The smallest absolute Gasteiger partial charge is 0.324 e. The van der Waals surface area contributed by atoms with Crippen LogP contribution in [0.4, 0.5) is 16.2 Å². The number of carbonyl (C=O) groups is 2. The average Bonchev–Trinajstić information content (AvgIpc) is 2.87. The SMILES string of the molecule is CC[C@@H](C(=O)Nc1ccc(N2CCCN(Cc3ccccc3C#N)C2=O)cc1)c1ccccc1. The zero-order valence-electron chi connectivity index (χ0n) is 19.3. The minimum atomic E-state index is -0.214. The maximum atomic E-state index is 13.2. The van der Waals surface area contributed by atoms with Crippen LogP contribution in [0, 0.1) is 11.3 Å². The Bertz CT molecular complexity index is 1190. The third kappa shape index (κ3) is 5.10. The summed E-state index contributed by atoms with van der Waals surface area (Å²) in [5.74, 6) is -0.257. The molecule has 0 radical (unpaired) electrons. The predicted octanol–water partition coefficient (Wildman–Crippen LogP) is 5.52. The monoisotopic (exact) mass is 452 g/mol. The molecule has 3 aromatic rings. The van der Waals surface area contributed by atoms with Gasteiger partial charge in [0.05, 0.1) is 17.6 Å². The number of nitrogens with one attached hydrogen (secondary N) is 1. The van der Waals surface area contributed by atoms with Crippen LogP contribution in [0.5, 0.6) is 0 Å². The summed E-state index contributed by atoms with van der Waals surface area (Å²) in [4.78, 5) is 29.6. The van der Waals surface area contributed by atoms with E-state index in [-0.39, 0.29) is 17.9 Å². The minimum Gasteiger partial charge on any atom is -0.326 e. The Hall–Kier alpha value is -4.11. The van der Waals surface area contributed by atoms with Crippen molar-refractivity contribution in [3.63, 3.8) is 0 Å². The molecule has 34 heavy (non-hydrogen) atoms. The van der Waals surface area contributed by atoms with Gasteiger partial charge in [0.2, 0.25) is 5.91 Å². The van der Waals surface area contributed by atoms with Crippen molar-refractivity contribution < 1.29 is 9.59 Å². The highest BCUT2D eigenvalue weighted by Gasteiger charge is 2.27. The zero-order valence-corrected chi connectivity index (χ0v) is 19.3. The molecule has 6 nitrogen and oxygen atoms in total. The molecule has 0 aliphatic carbocycles. The van der Waals surface area contributed by atoms with Gasteiger partial charge in [-0.2, -0.15) is 5.26 Å². The van der Waals surface area contributed by atoms with E-state index in [1.807, 2.05) is 79.7 Å². The number of amides is 3. The number of carbonyl (C=O) groups excluding carboxylic acids is 2. The van der Waals surface area contributed by atoms with Crippen molar-refractivity contribution in [1.82, 2.24) is 4.90 Å². The van der Waals surface area contributed by atoms with Crippen LogP contribution >= 0.6 is 0 Å². The fourth-order valence-corrected chi connectivity index (χ4v) is 4.35. The van der Waals surface area contributed by atoms with Gasteiger partial charge in [-0.25, -0.2) is 4.79 Å². The average molecular weight is 453 g/mol. The van der Waals surface area contributed by atoms with Crippen LogP contribution in [0.3, 0.4) is 0 Å². The van der Waals surface area contributed by atoms with E-state index >= 15 is 0 Å². The van der Waals surface area contributed by atoms with Crippen molar-refractivity contribution in [2.75, 3.05) is 23.3 Å². The highest BCUT2D eigenvalue weighted by atomic mass is 16.2. The lowest BCUT2D eigenvalue weighted by atomic mass is 9.95. The Morgan fingerprint density at radius 2 is 1.71 bits per heavy atom. The van der Waals surface area contributed by atoms with Gasteiger partial charge < -0.3 is 10.2 Å². The van der Waals surface area contributed by atoms with Gasteiger partial charge in [-0.15, -0.1) is 0 Å². The number of nitrogens with zero attached hydrogens (tertiary/aromatic N) is 3. The van der Waals surface area contributed by atoms with Crippen molar-refractivity contribution in [3.05, 3.63) is 95.6 Å². The van der Waals surface area contributed by atoms with E-state index in [0.717, 1.165) is 23.2 Å². The van der Waals surface area contributed by atoms with E-state index in [9.17, 15) is 14.9 Å². The lowest BCUT2D eigenvalue weighted by molar-refractivity contribution is -0.117. The first-order chi connectivity index (χ1) is 16.6. The van der Waals surface area contributed by atoms with E-state index in [1.54, 1.807) is 15.9 Å². The van der Waals surface area contributed by atoms with Gasteiger partial charge in [-0.3, -0.25) is 9.69 Å². The third-order valence-corrected chi connectivity index (χ3v) is 6.18. The predicted molar refractivity (Wildman–Crippen MR) is 133 cm³/mol. The second-order valence-electron chi connectivity index (χ2n) is 8.39. The van der Waals surface area contributed by atoms with Crippen LogP contribution in [-0.2, 0) is 11.3 Å². The molecule has 1 aliphatic rings. The van der Waals surface area contributed by atoms with E-state index in [2.05, 4.69) is 11.4 Å². The van der Waals surface area contributed by atoms with Gasteiger partial charge in [0.1, 0.15) is 0 Å². The second kappa shape index (κ2) is 10.7. The molecule has 1 heterocycles. The summed E-state index contributed by atoms with van der Waals surface area (Å²) in [5.41, 5.74) is 3.93. The number of anilines is 2. The molecule has 0 unspecified atom stereocenters. The summed E-state index contributed by atoms with van der Waals surface area (Å²) < 4.78 is 0. The molecule has 0 bridgehead atoms. The van der Waals surface area contributed by atoms with Gasteiger partial charge in [0.15, 0.2) is 0 Å². The molecule has 0 aromatic heterocycles. The molecule has 0 spiro atoms. The Labute approximate surface area is 200 Å². The minimum absolute atomic E-state index is 0.0437. The molecule has 172 valence electrons. The van der Waals surface area contributed by atoms with Crippen LogP contribution in [-0.4, -0.2) is 29.9 Å². The van der Waals surface area contributed by atoms with Crippen molar-refractivity contribution in [2.24, 2.45) is 0 Å². The van der Waals surface area contributed by atoms with Crippen molar-refractivity contribution in [3.8, 4) is 6.07 Å². The van der Waals surface area contributed by atoms with Crippen molar-refractivity contribution in [1.29, 1.82) is 5.26 Å². The Balaban J connectivity index is 1.43. The van der Waals surface area contributed by atoms with Gasteiger partial charge in [-0.05, 0) is 54.3 Å². The van der Waals surface area contributed by atoms with E-state index in [1.165, 1.54) is 0 Å². The third-order valence-electron chi connectivity index (χ3n) is 6.18. The summed E-state index contributed by atoms with van der Waals surface area (Å²) >= 11 is 0. The molecule has 1 atom stereocenters. The molecule has 1 aliphatic heterocycles. The molecule has 1 N–H and O–H groups in total. The maximum absolute atomic E-state index is 13.2. The fraction of sp³-hybridized carbons (Fsp3) is 0.250. The first kappa shape index (κ1) is 23.1. The van der Waals surface area contributed by atoms with Crippen LogP contribution in [0.25, 0.3) is 0 Å². The van der Waals surface area contributed by atoms with E-state index in [0.29, 0.717) is 37.3 Å². The molecule has 3 aromatic carbocycles. The summed E-state index contributed by atoms with van der Waals surface area (Å²) in [6, 6.07) is 26.7. The molecule has 1 fully saturated rings. The molecule has 0 saturated carbocycles. The van der Waals surface area contributed by atoms with E-state index < -0.39 is 0 Å². The van der Waals surface area contributed by atoms with Crippen molar-refractivity contribution in [2.45, 2.75) is 32.2 Å². The molecule has 3 amide bonds. The van der Waals surface area contributed by atoms with Crippen molar-refractivity contribution >= 4 is 23.3 Å². The normalized spacial score (nSPS) is 14.4. The van der Waals surface area contributed by atoms with E-state index in [4.69, 9.17) is 0 Å². The summed E-state index contributed by atoms with van der Waals surface area (Å²) in [6.45, 7) is 3.70. The van der Waals surface area contributed by atoms with Crippen LogP contribution in [0.2, 0.25) is 0 Å². The molecular formula is C28H28N4O2. The Morgan fingerprint density at radius 1 is 1.00 bits per heavy atom. The lowest BCUT2D eigenvalue weighted by Gasteiger charge is -2.36. The molecule has 4 rings (SSSR count). The number of nitriles is 1. The molecule has 1 saturated heterocycles. The number of hydrogen-bond donors (Lipinski definition) is 1. The summed E-state index contributed by atoms with van der Waals surface area (Å²) in [6.07, 6.45) is 1.55. The highest BCUT2D eigenvalue weighted by Crippen LogP contribution is 2.26. The van der Waals surface area contributed by atoms with Crippen LogP contribution < -0.4 is 10.2 Å². The van der Waals surface area contributed by atoms with Crippen LogP contribution in [0.1, 0.15) is 42.4 Å². The first-order valence-corrected chi connectivity index (χ1v) is 11.6. The topological polar surface area (TPSA) is 76.4 Å². The number of benzene rings is 3.